The number of alkyl halides is 4. The lowest BCUT2D eigenvalue weighted by atomic mass is 9.98. The van der Waals surface area contributed by atoms with Crippen LogP contribution in [0.2, 0.25) is 0 Å². The number of rotatable bonds is 10. The monoisotopic (exact) mass is 679 g/mol. The molecule has 2 aliphatic rings. The molecule has 6 nitrogen and oxygen atoms in total. The highest BCUT2D eigenvalue weighted by Gasteiger charge is 2.34. The van der Waals surface area contributed by atoms with E-state index in [2.05, 4.69) is 27.4 Å². The van der Waals surface area contributed by atoms with Crippen LogP contribution in [0.4, 0.5) is 28.9 Å². The topological polar surface area (TPSA) is 62.8 Å². The smallest absolute Gasteiger partial charge is 0.393 e. The molecule has 2 fully saturated rings. The highest BCUT2D eigenvalue weighted by Crippen LogP contribution is 2.45. The summed E-state index contributed by atoms with van der Waals surface area (Å²) in [7, 11) is -0.956. The molecule has 0 amide bonds. The van der Waals surface area contributed by atoms with Crippen molar-refractivity contribution in [1.82, 2.24) is 4.90 Å². The van der Waals surface area contributed by atoms with E-state index in [4.69, 9.17) is 9.47 Å². The van der Waals surface area contributed by atoms with Crippen LogP contribution in [0.3, 0.4) is 0 Å². The van der Waals surface area contributed by atoms with E-state index in [-0.39, 0.29) is 12.1 Å². The van der Waals surface area contributed by atoms with E-state index in [0.29, 0.717) is 76.6 Å². The molecule has 3 aromatic rings. The van der Waals surface area contributed by atoms with Crippen molar-refractivity contribution in [2.24, 2.45) is 0 Å². The first-order valence-electron chi connectivity index (χ1n) is 15.9. The number of hydrogen-bond acceptors (Lipinski definition) is 7. The average Bonchev–Trinajstić information content (AvgIpc) is 3.40. The number of thiophene rings is 1. The number of methoxy groups -OCH3 is 1. The van der Waals surface area contributed by atoms with Gasteiger partial charge in [-0.2, -0.15) is 13.2 Å². The molecular formula is C34H42F4N3O3PS. The predicted octanol–water partition coefficient (Wildman–Crippen LogP) is 7.51. The fraction of sp³-hybridized carbons (Fsp3) is 0.529. The molecule has 0 spiro atoms. The molecule has 0 radical (unpaired) electrons. The van der Waals surface area contributed by atoms with Gasteiger partial charge in [-0.15, -0.1) is 11.3 Å². The lowest BCUT2D eigenvalue weighted by molar-refractivity contribution is -0.126. The summed E-state index contributed by atoms with van der Waals surface area (Å²) in [5, 5.41) is 7.74. The van der Waals surface area contributed by atoms with Crippen molar-refractivity contribution in [2.75, 3.05) is 62.9 Å². The van der Waals surface area contributed by atoms with Crippen LogP contribution in [0.1, 0.15) is 43.6 Å². The Labute approximate surface area is 272 Å². The minimum atomic E-state index is -4.42. The van der Waals surface area contributed by atoms with E-state index in [1.165, 1.54) is 18.4 Å². The van der Waals surface area contributed by atoms with Crippen molar-refractivity contribution in [3.05, 3.63) is 46.8 Å². The summed E-state index contributed by atoms with van der Waals surface area (Å²) in [6.45, 7) is 6.47. The largest absolute Gasteiger partial charge is 0.495 e. The van der Waals surface area contributed by atoms with Gasteiger partial charge in [0.2, 0.25) is 0 Å². The van der Waals surface area contributed by atoms with Gasteiger partial charge >= 0.3 is 6.18 Å². The number of anilines is 2. The number of fused-ring (bicyclic) bond motifs is 1. The molecule has 2 atom stereocenters. The van der Waals surface area contributed by atoms with Gasteiger partial charge in [0.1, 0.15) is 19.1 Å². The fourth-order valence-corrected chi connectivity index (χ4v) is 9.41. The second-order valence-electron chi connectivity index (χ2n) is 11.8. The Kier molecular flexibility index (Phi) is 11.3. The third kappa shape index (κ3) is 8.02. The standard InChI is InChI=1S/C34H42F4N3O3PS/c1-4-45(42,5-2)24-11-12-29(31(20-24)43-3)39-16-7-10-32-26(21-34(36,37)38)25-8-6-9-30(33(25)46-32)40-28-13-17-41(22-27(28)35)23-14-18-44-19-15-23/h6,8-9,11-12,20,23,27-28,39-40H,4-5,13-19,21-22H2,1-3H3/t27-,28+/m1/s1. The minimum absolute atomic E-state index is 0.131. The van der Waals surface area contributed by atoms with Gasteiger partial charge in [-0.05, 0) is 54.5 Å². The van der Waals surface area contributed by atoms with Gasteiger partial charge in [-0.25, -0.2) is 4.39 Å². The van der Waals surface area contributed by atoms with Crippen LogP contribution in [0.5, 0.6) is 5.75 Å². The summed E-state index contributed by atoms with van der Waals surface area (Å²) in [6.07, 6.45) is -3.10. The number of piperidine rings is 1. The number of likely N-dealkylation sites (tertiary alicyclic amines) is 1. The van der Waals surface area contributed by atoms with Crippen LogP contribution in [0.15, 0.2) is 36.4 Å². The Balaban J connectivity index is 1.34. The summed E-state index contributed by atoms with van der Waals surface area (Å²) in [4.78, 5) is 2.54. The van der Waals surface area contributed by atoms with Crippen LogP contribution >= 0.6 is 18.5 Å². The third-order valence-corrected chi connectivity index (χ3v) is 13.5. The first-order valence-corrected chi connectivity index (χ1v) is 18.8. The lowest BCUT2D eigenvalue weighted by Crippen LogP contribution is -2.52. The molecule has 1 aromatic heterocycles. The molecular weight excluding hydrogens is 637 g/mol. The van der Waals surface area contributed by atoms with Gasteiger partial charge in [0.25, 0.3) is 0 Å². The molecule has 0 saturated carbocycles. The molecule has 2 N–H and O–H groups in total. The maximum atomic E-state index is 15.4. The zero-order valence-electron chi connectivity index (χ0n) is 26.5. The van der Waals surface area contributed by atoms with Crippen molar-refractivity contribution in [3.63, 3.8) is 0 Å². The summed E-state index contributed by atoms with van der Waals surface area (Å²) < 4.78 is 81.4. The molecule has 250 valence electrons. The van der Waals surface area contributed by atoms with E-state index in [0.717, 1.165) is 24.7 Å². The summed E-state index contributed by atoms with van der Waals surface area (Å²) in [5.74, 6) is 6.48. The van der Waals surface area contributed by atoms with E-state index >= 15 is 4.39 Å². The number of ether oxygens (including phenoxy) is 2. The van der Waals surface area contributed by atoms with Gasteiger partial charge in [-0.3, -0.25) is 4.90 Å². The highest BCUT2D eigenvalue weighted by molar-refractivity contribution is 7.71. The molecule has 46 heavy (non-hydrogen) atoms. The van der Waals surface area contributed by atoms with Gasteiger partial charge in [0.05, 0.1) is 47.1 Å². The first kappa shape index (κ1) is 34.6. The highest BCUT2D eigenvalue weighted by atomic mass is 32.1. The second-order valence-corrected chi connectivity index (χ2v) is 16.4. The first-order chi connectivity index (χ1) is 22.0. The molecule has 12 heteroatoms. The third-order valence-electron chi connectivity index (χ3n) is 9.06. The molecule has 0 unspecified atom stereocenters. The van der Waals surface area contributed by atoms with Crippen LogP contribution in [-0.2, 0) is 15.7 Å². The Morgan fingerprint density at radius 3 is 2.54 bits per heavy atom. The quantitative estimate of drug-likeness (QED) is 0.132. The average molecular weight is 680 g/mol. The second kappa shape index (κ2) is 15.0. The molecule has 2 aliphatic heterocycles. The molecule has 2 saturated heterocycles. The Morgan fingerprint density at radius 1 is 1.11 bits per heavy atom. The normalized spacial score (nSPS) is 19.9. The zero-order valence-corrected chi connectivity index (χ0v) is 28.2. The molecule has 0 bridgehead atoms. The van der Waals surface area contributed by atoms with Gasteiger partial charge in [0, 0.05) is 50.0 Å². The Morgan fingerprint density at radius 2 is 1.87 bits per heavy atom. The minimum Gasteiger partial charge on any atom is -0.495 e. The van der Waals surface area contributed by atoms with Gasteiger partial charge in [0.15, 0.2) is 0 Å². The van der Waals surface area contributed by atoms with Crippen molar-refractivity contribution in [3.8, 4) is 17.6 Å². The Hall–Kier alpha value is -2.77. The van der Waals surface area contributed by atoms with Crippen LogP contribution in [0.25, 0.3) is 10.1 Å². The SMILES string of the molecule is CCP(=O)(CC)c1ccc(NCC#Cc2sc3c(N[C@H]4CCN(C5CCOCC5)C[C@H]4F)cccc3c2CC(F)(F)F)c(OC)c1. The lowest BCUT2D eigenvalue weighted by Gasteiger charge is -2.41. The van der Waals surface area contributed by atoms with E-state index in [9.17, 15) is 17.7 Å². The molecule has 5 rings (SSSR count). The number of nitrogens with one attached hydrogen (secondary N) is 2. The number of halogens is 4. The van der Waals surface area contributed by atoms with Crippen LogP contribution in [0, 0.1) is 11.8 Å². The van der Waals surface area contributed by atoms with Gasteiger partial charge in [-0.1, -0.05) is 37.8 Å². The van der Waals surface area contributed by atoms with Crippen LogP contribution in [-0.4, -0.2) is 81.6 Å². The zero-order chi connectivity index (χ0) is 32.9. The Bertz CT molecular complexity index is 1600. The molecule has 0 aliphatic carbocycles. The number of hydrogen-bond donors (Lipinski definition) is 2. The van der Waals surface area contributed by atoms with Crippen LogP contribution < -0.4 is 20.7 Å². The fourth-order valence-electron chi connectivity index (χ4n) is 6.37. The summed E-state index contributed by atoms with van der Waals surface area (Å²) in [5.41, 5.74) is 1.42. The van der Waals surface area contributed by atoms with Crippen molar-refractivity contribution in [1.29, 1.82) is 0 Å². The summed E-state index contributed by atoms with van der Waals surface area (Å²) in [6, 6.07) is 10.5. The van der Waals surface area contributed by atoms with E-state index in [1.54, 1.807) is 30.3 Å². The summed E-state index contributed by atoms with van der Waals surface area (Å²) >= 11 is 1.20. The van der Waals surface area contributed by atoms with E-state index in [1.807, 2.05) is 19.9 Å². The van der Waals surface area contributed by atoms with Crippen molar-refractivity contribution >= 4 is 45.2 Å². The van der Waals surface area contributed by atoms with Gasteiger partial charge < -0.3 is 24.7 Å². The van der Waals surface area contributed by atoms with Crippen molar-refractivity contribution < 1.29 is 31.6 Å². The van der Waals surface area contributed by atoms with Crippen molar-refractivity contribution in [2.45, 2.75) is 64.0 Å². The molecule has 3 heterocycles. The van der Waals surface area contributed by atoms with E-state index < -0.39 is 32.0 Å². The number of nitrogens with zero attached hydrogens (tertiary/aromatic N) is 1. The molecule has 2 aromatic carbocycles. The maximum Gasteiger partial charge on any atom is 0.393 e. The number of benzene rings is 2. The predicted molar refractivity (Wildman–Crippen MR) is 181 cm³/mol. The maximum absolute atomic E-state index is 15.4.